The largest absolute Gasteiger partial charge is 0.466 e. The molecule has 0 aromatic heterocycles. The summed E-state index contributed by atoms with van der Waals surface area (Å²) in [4.78, 5) is 16.2. The number of nitrogens with one attached hydrogen (secondary N) is 1. The molecule has 6 rings (SSSR count). The number of esters is 1. The molecule has 1 aliphatic carbocycles. The summed E-state index contributed by atoms with van der Waals surface area (Å²) in [6, 6.07) is 28.3. The number of likely N-dealkylation sites (tertiary alicyclic amines) is 1. The van der Waals surface area contributed by atoms with E-state index in [2.05, 4.69) is 123 Å². The average molecular weight is 581 g/mol. The van der Waals surface area contributed by atoms with Gasteiger partial charge in [-0.2, -0.15) is 0 Å². The van der Waals surface area contributed by atoms with Crippen LogP contribution in [0.2, 0.25) is 18.1 Å². The Morgan fingerprint density at radius 1 is 1.00 bits per heavy atom. The number of methoxy groups -OCH3 is 1. The number of para-hydroxylation sites is 1. The lowest BCUT2D eigenvalue weighted by Crippen LogP contribution is -2.50. The Kier molecular flexibility index (Phi) is 7.45. The van der Waals surface area contributed by atoms with Crippen LogP contribution >= 0.6 is 0 Å². The van der Waals surface area contributed by atoms with Gasteiger partial charge in [0, 0.05) is 36.4 Å². The van der Waals surface area contributed by atoms with Crippen molar-refractivity contribution in [2.45, 2.75) is 82.3 Å². The number of fused-ring (bicyclic) bond motifs is 1. The molecule has 6 heteroatoms. The van der Waals surface area contributed by atoms with E-state index in [0.717, 1.165) is 36.5 Å². The zero-order chi connectivity index (χ0) is 29.7. The molecule has 220 valence electrons. The van der Waals surface area contributed by atoms with Gasteiger partial charge in [0.25, 0.3) is 0 Å². The predicted molar refractivity (Wildman–Crippen MR) is 172 cm³/mol. The average Bonchev–Trinajstić information content (AvgIpc) is 3.53. The number of ether oxygens (including phenoxy) is 1. The fraction of sp³-hybridized carbons (Fsp3) is 0.417. The summed E-state index contributed by atoms with van der Waals surface area (Å²) < 4.78 is 12.2. The van der Waals surface area contributed by atoms with E-state index in [1.54, 1.807) is 0 Å². The second-order valence-electron chi connectivity index (χ2n) is 13.7. The van der Waals surface area contributed by atoms with Crippen molar-refractivity contribution in [1.82, 2.24) is 4.90 Å². The van der Waals surface area contributed by atoms with Gasteiger partial charge in [-0.05, 0) is 59.3 Å². The molecular formula is C36H44N2O3Si. The van der Waals surface area contributed by atoms with Crippen LogP contribution in [0.15, 0.2) is 90.1 Å². The third kappa shape index (κ3) is 4.74. The molecule has 1 N–H and O–H groups in total. The number of hydrogen-bond donors (Lipinski definition) is 1. The van der Waals surface area contributed by atoms with E-state index in [1.807, 2.05) is 0 Å². The quantitative estimate of drug-likeness (QED) is 0.229. The van der Waals surface area contributed by atoms with Gasteiger partial charge in [0.2, 0.25) is 0 Å². The van der Waals surface area contributed by atoms with E-state index in [4.69, 9.17) is 9.16 Å². The summed E-state index contributed by atoms with van der Waals surface area (Å²) in [7, 11) is -0.459. The van der Waals surface area contributed by atoms with Crippen molar-refractivity contribution in [3.8, 4) is 0 Å². The number of carbonyl (C=O) groups is 1. The number of carbonyl (C=O) groups excluding carboxylic acids is 1. The molecule has 1 saturated heterocycles. The first kappa shape index (κ1) is 28.9. The van der Waals surface area contributed by atoms with Crippen LogP contribution in [0.1, 0.15) is 61.8 Å². The van der Waals surface area contributed by atoms with E-state index in [0.29, 0.717) is 13.0 Å². The summed E-state index contributed by atoms with van der Waals surface area (Å²) >= 11 is 0. The monoisotopic (exact) mass is 580 g/mol. The fourth-order valence-electron chi connectivity index (χ4n) is 7.31. The molecule has 2 aliphatic heterocycles. The van der Waals surface area contributed by atoms with Gasteiger partial charge < -0.3 is 14.5 Å². The summed E-state index contributed by atoms with van der Waals surface area (Å²) in [6.45, 7) is 13.9. The van der Waals surface area contributed by atoms with E-state index >= 15 is 0 Å². The van der Waals surface area contributed by atoms with Gasteiger partial charge in [-0.15, -0.1) is 0 Å². The topological polar surface area (TPSA) is 50.8 Å². The molecule has 2 heterocycles. The minimum absolute atomic E-state index is 0.0984. The highest BCUT2D eigenvalue weighted by Crippen LogP contribution is 2.61. The molecule has 0 radical (unpaired) electrons. The van der Waals surface area contributed by atoms with Crippen molar-refractivity contribution in [1.29, 1.82) is 0 Å². The predicted octanol–water partition coefficient (Wildman–Crippen LogP) is 7.76. The molecule has 1 fully saturated rings. The normalized spacial score (nSPS) is 23.7. The number of anilines is 1. The van der Waals surface area contributed by atoms with Crippen LogP contribution in [0.25, 0.3) is 0 Å². The van der Waals surface area contributed by atoms with E-state index in [1.165, 1.54) is 29.4 Å². The summed E-state index contributed by atoms with van der Waals surface area (Å²) in [6.07, 6.45) is 1.57. The standard InChI is InChI=1S/C36H44N2O3Si/c1-35(2,3)42(5,6)41-24-26-16-10-11-17-27(26)28-22-29(34(39)40-4)32-36(30-18-12-13-19-31(30)37-32)20-21-38(33(28)36)23-25-14-8-7-9-15-25/h7-19,28,33,37H,20-24H2,1-6H3/t28?,33-,36-/m1/s1. The molecule has 0 amide bonds. The molecule has 1 unspecified atom stereocenters. The number of benzene rings is 3. The zero-order valence-corrected chi connectivity index (χ0v) is 26.9. The van der Waals surface area contributed by atoms with Crippen molar-refractivity contribution in [3.63, 3.8) is 0 Å². The van der Waals surface area contributed by atoms with Crippen molar-refractivity contribution in [3.05, 3.63) is 112 Å². The van der Waals surface area contributed by atoms with Crippen LogP contribution in [0.5, 0.6) is 0 Å². The highest BCUT2D eigenvalue weighted by atomic mass is 28.4. The Bertz CT molecular complexity index is 1510. The lowest BCUT2D eigenvalue weighted by atomic mass is 9.61. The van der Waals surface area contributed by atoms with Crippen LogP contribution in [-0.2, 0) is 32.5 Å². The first-order chi connectivity index (χ1) is 20.1. The van der Waals surface area contributed by atoms with E-state index in [9.17, 15) is 4.79 Å². The van der Waals surface area contributed by atoms with Crippen molar-refractivity contribution in [2.24, 2.45) is 0 Å². The second kappa shape index (κ2) is 10.8. The maximum atomic E-state index is 13.5. The van der Waals surface area contributed by atoms with Gasteiger partial charge in [0.1, 0.15) is 0 Å². The molecule has 5 nitrogen and oxygen atoms in total. The van der Waals surface area contributed by atoms with E-state index in [-0.39, 0.29) is 28.4 Å². The first-order valence-electron chi connectivity index (χ1n) is 15.2. The first-order valence-corrected chi connectivity index (χ1v) is 18.2. The van der Waals surface area contributed by atoms with Crippen LogP contribution in [0.4, 0.5) is 5.69 Å². The highest BCUT2D eigenvalue weighted by Gasteiger charge is 2.61. The summed E-state index contributed by atoms with van der Waals surface area (Å²) in [5, 5.41) is 3.86. The van der Waals surface area contributed by atoms with Crippen LogP contribution < -0.4 is 5.32 Å². The van der Waals surface area contributed by atoms with Crippen LogP contribution in [-0.4, -0.2) is 38.9 Å². The summed E-state index contributed by atoms with van der Waals surface area (Å²) in [5.41, 5.74) is 7.72. The molecule has 0 saturated carbocycles. The zero-order valence-electron chi connectivity index (χ0n) is 25.9. The van der Waals surface area contributed by atoms with Crippen LogP contribution in [0, 0.1) is 0 Å². The molecule has 42 heavy (non-hydrogen) atoms. The van der Waals surface area contributed by atoms with Gasteiger partial charge in [-0.25, -0.2) is 4.79 Å². The maximum absolute atomic E-state index is 13.5. The van der Waals surface area contributed by atoms with Gasteiger partial charge in [-0.3, -0.25) is 4.90 Å². The molecule has 3 aromatic carbocycles. The highest BCUT2D eigenvalue weighted by molar-refractivity contribution is 6.74. The lowest BCUT2D eigenvalue weighted by molar-refractivity contribution is -0.136. The van der Waals surface area contributed by atoms with Crippen molar-refractivity contribution < 1.29 is 14.0 Å². The molecule has 3 atom stereocenters. The maximum Gasteiger partial charge on any atom is 0.335 e. The Morgan fingerprint density at radius 3 is 2.43 bits per heavy atom. The molecule has 3 aromatic rings. The molecular weight excluding hydrogens is 536 g/mol. The van der Waals surface area contributed by atoms with Crippen LogP contribution in [0.3, 0.4) is 0 Å². The molecule has 3 aliphatic rings. The molecule has 1 spiro atoms. The Labute approximate surface area is 252 Å². The Hall–Kier alpha value is -3.19. The smallest absolute Gasteiger partial charge is 0.335 e. The summed E-state index contributed by atoms with van der Waals surface area (Å²) in [5.74, 6) is -0.133. The fourth-order valence-corrected chi connectivity index (χ4v) is 8.26. The Balaban J connectivity index is 1.50. The number of nitrogens with zero attached hydrogens (tertiary/aromatic N) is 1. The minimum atomic E-state index is -1.96. The van der Waals surface area contributed by atoms with E-state index < -0.39 is 8.32 Å². The lowest BCUT2D eigenvalue weighted by Gasteiger charge is -2.46. The van der Waals surface area contributed by atoms with Gasteiger partial charge in [-0.1, -0.05) is 93.6 Å². The minimum Gasteiger partial charge on any atom is -0.466 e. The third-order valence-electron chi connectivity index (χ3n) is 10.4. The van der Waals surface area contributed by atoms with Gasteiger partial charge in [0.15, 0.2) is 8.32 Å². The van der Waals surface area contributed by atoms with Crippen molar-refractivity contribution >= 4 is 20.0 Å². The Morgan fingerprint density at radius 2 is 1.69 bits per heavy atom. The van der Waals surface area contributed by atoms with Crippen molar-refractivity contribution in [2.75, 3.05) is 19.0 Å². The molecule has 0 bridgehead atoms. The third-order valence-corrected chi connectivity index (χ3v) is 14.9. The number of hydrogen-bond acceptors (Lipinski definition) is 5. The number of rotatable bonds is 7. The van der Waals surface area contributed by atoms with Gasteiger partial charge >= 0.3 is 5.97 Å². The second-order valence-corrected chi connectivity index (χ2v) is 18.5. The SMILES string of the molecule is COC(=O)C1=C2Nc3ccccc3[C@]23CCN(Cc2ccccc2)[C@@H]3C(c2ccccc2CO[Si](C)(C)C(C)(C)C)C1. The van der Waals surface area contributed by atoms with Gasteiger partial charge in [0.05, 0.1) is 24.7 Å².